The molecule has 2 aromatic heterocycles. The minimum Gasteiger partial charge on any atom is -0.372 e. The number of piperazine rings is 1. The molecule has 6 nitrogen and oxygen atoms in total. The number of alkyl halides is 3. The van der Waals surface area contributed by atoms with Crippen LogP contribution in [0.4, 0.5) is 13.2 Å². The Balaban J connectivity index is 1.37. The Kier molecular flexibility index (Phi) is 7.57. The Labute approximate surface area is 171 Å². The standard InChI is InChI=1S/C19H23F3N4O2S/c20-19(21,22)14-28-11-3-6-25-7-9-26(10-8-25)17(27)12-15-13-29-18(24-15)16-4-1-2-5-23-16/h1-2,4-5,13H,3,6-12,14H2. The van der Waals surface area contributed by atoms with E-state index in [0.29, 0.717) is 39.1 Å². The van der Waals surface area contributed by atoms with Crippen molar-refractivity contribution in [2.24, 2.45) is 0 Å². The van der Waals surface area contributed by atoms with Gasteiger partial charge in [-0.2, -0.15) is 13.2 Å². The monoisotopic (exact) mass is 428 g/mol. The van der Waals surface area contributed by atoms with Gasteiger partial charge in [-0.1, -0.05) is 6.07 Å². The highest BCUT2D eigenvalue weighted by molar-refractivity contribution is 7.13. The largest absolute Gasteiger partial charge is 0.411 e. The molecule has 1 fully saturated rings. The van der Waals surface area contributed by atoms with Crippen molar-refractivity contribution in [2.75, 3.05) is 45.9 Å². The van der Waals surface area contributed by atoms with E-state index in [1.54, 1.807) is 6.20 Å². The van der Waals surface area contributed by atoms with Gasteiger partial charge in [0.15, 0.2) is 0 Å². The van der Waals surface area contributed by atoms with Crippen LogP contribution in [0, 0.1) is 0 Å². The summed E-state index contributed by atoms with van der Waals surface area (Å²) in [6.07, 6.45) is -1.76. The number of halogens is 3. The van der Waals surface area contributed by atoms with E-state index in [4.69, 9.17) is 0 Å². The molecule has 0 N–H and O–H groups in total. The average molecular weight is 428 g/mol. The van der Waals surface area contributed by atoms with Crippen molar-refractivity contribution in [3.8, 4) is 10.7 Å². The zero-order valence-electron chi connectivity index (χ0n) is 15.9. The van der Waals surface area contributed by atoms with Crippen LogP contribution in [0.5, 0.6) is 0 Å². The summed E-state index contributed by atoms with van der Waals surface area (Å²) in [6, 6.07) is 5.63. The number of carbonyl (C=O) groups excluding carboxylic acids is 1. The van der Waals surface area contributed by atoms with E-state index < -0.39 is 12.8 Å². The molecule has 158 valence electrons. The van der Waals surface area contributed by atoms with E-state index in [0.717, 1.165) is 16.4 Å². The molecule has 0 aliphatic carbocycles. The first kappa shape index (κ1) is 21.7. The van der Waals surface area contributed by atoms with Gasteiger partial charge in [0.1, 0.15) is 11.6 Å². The summed E-state index contributed by atoms with van der Waals surface area (Å²) < 4.78 is 40.7. The Bertz CT molecular complexity index is 777. The fourth-order valence-electron chi connectivity index (χ4n) is 3.06. The van der Waals surface area contributed by atoms with Gasteiger partial charge in [0.05, 0.1) is 17.8 Å². The van der Waals surface area contributed by atoms with Gasteiger partial charge in [0, 0.05) is 50.9 Å². The van der Waals surface area contributed by atoms with Gasteiger partial charge in [-0.25, -0.2) is 4.98 Å². The van der Waals surface area contributed by atoms with E-state index in [1.165, 1.54) is 11.3 Å². The number of hydrogen-bond donors (Lipinski definition) is 0. The fourth-order valence-corrected chi connectivity index (χ4v) is 3.86. The van der Waals surface area contributed by atoms with Crippen molar-refractivity contribution in [1.29, 1.82) is 0 Å². The second-order valence-electron chi connectivity index (χ2n) is 6.78. The number of ether oxygens (including phenoxy) is 1. The normalized spacial score (nSPS) is 15.6. The first-order chi connectivity index (χ1) is 13.9. The van der Waals surface area contributed by atoms with Crippen LogP contribution in [-0.2, 0) is 16.0 Å². The number of nitrogens with zero attached hydrogens (tertiary/aromatic N) is 4. The molecule has 0 saturated carbocycles. The highest BCUT2D eigenvalue weighted by atomic mass is 32.1. The Hall–Kier alpha value is -2.04. The van der Waals surface area contributed by atoms with E-state index >= 15 is 0 Å². The number of aromatic nitrogens is 2. The minimum absolute atomic E-state index is 0.0380. The van der Waals surface area contributed by atoms with Gasteiger partial charge in [-0.05, 0) is 18.6 Å². The molecule has 29 heavy (non-hydrogen) atoms. The topological polar surface area (TPSA) is 58.6 Å². The molecule has 0 aromatic carbocycles. The number of thiazole rings is 1. The maximum atomic E-state index is 12.5. The number of carbonyl (C=O) groups is 1. The highest BCUT2D eigenvalue weighted by Crippen LogP contribution is 2.22. The van der Waals surface area contributed by atoms with Gasteiger partial charge in [0.2, 0.25) is 5.91 Å². The smallest absolute Gasteiger partial charge is 0.372 e. The highest BCUT2D eigenvalue weighted by Gasteiger charge is 2.27. The maximum Gasteiger partial charge on any atom is 0.411 e. The molecule has 1 aliphatic rings. The van der Waals surface area contributed by atoms with Gasteiger partial charge in [0.25, 0.3) is 0 Å². The number of pyridine rings is 1. The molecule has 0 radical (unpaired) electrons. The Morgan fingerprint density at radius 2 is 2.00 bits per heavy atom. The van der Waals surface area contributed by atoms with Crippen LogP contribution in [0.2, 0.25) is 0 Å². The van der Waals surface area contributed by atoms with Crippen molar-refractivity contribution >= 4 is 17.2 Å². The van der Waals surface area contributed by atoms with Crippen LogP contribution in [-0.4, -0.2) is 77.8 Å². The molecule has 1 saturated heterocycles. The lowest BCUT2D eigenvalue weighted by molar-refractivity contribution is -0.174. The molecule has 3 rings (SSSR count). The van der Waals surface area contributed by atoms with Crippen molar-refractivity contribution in [3.05, 3.63) is 35.5 Å². The van der Waals surface area contributed by atoms with Crippen molar-refractivity contribution in [2.45, 2.75) is 19.0 Å². The first-order valence-electron chi connectivity index (χ1n) is 9.41. The quantitative estimate of drug-likeness (QED) is 0.606. The fraction of sp³-hybridized carbons (Fsp3) is 0.526. The third-order valence-corrected chi connectivity index (χ3v) is 5.44. The predicted molar refractivity (Wildman–Crippen MR) is 104 cm³/mol. The average Bonchev–Trinajstić information content (AvgIpc) is 3.16. The summed E-state index contributed by atoms with van der Waals surface area (Å²) >= 11 is 1.47. The van der Waals surface area contributed by atoms with Crippen molar-refractivity contribution < 1.29 is 22.7 Å². The molecule has 0 atom stereocenters. The van der Waals surface area contributed by atoms with Crippen LogP contribution in [0.1, 0.15) is 12.1 Å². The van der Waals surface area contributed by atoms with Gasteiger partial charge in [-0.3, -0.25) is 14.7 Å². The molecule has 0 unspecified atom stereocenters. The van der Waals surface area contributed by atoms with E-state index in [-0.39, 0.29) is 18.9 Å². The maximum absolute atomic E-state index is 12.5. The summed E-state index contributed by atoms with van der Waals surface area (Å²) in [6.45, 7) is 2.19. The van der Waals surface area contributed by atoms with Gasteiger partial charge >= 0.3 is 6.18 Å². The van der Waals surface area contributed by atoms with E-state index in [2.05, 4.69) is 19.6 Å². The number of hydrogen-bond acceptors (Lipinski definition) is 6. The molecule has 0 spiro atoms. The second kappa shape index (κ2) is 10.1. The molecular formula is C19H23F3N4O2S. The third kappa shape index (κ3) is 7.06. The molecule has 2 aromatic rings. The lowest BCUT2D eigenvalue weighted by atomic mass is 10.2. The minimum atomic E-state index is -4.28. The summed E-state index contributed by atoms with van der Waals surface area (Å²) in [5.74, 6) is 0.0380. The van der Waals surface area contributed by atoms with Crippen LogP contribution in [0.25, 0.3) is 10.7 Å². The molecule has 1 amide bonds. The lowest BCUT2D eigenvalue weighted by Crippen LogP contribution is -2.49. The summed E-state index contributed by atoms with van der Waals surface area (Å²) in [7, 11) is 0. The van der Waals surface area contributed by atoms with Crippen LogP contribution in [0.15, 0.2) is 29.8 Å². The summed E-state index contributed by atoms with van der Waals surface area (Å²) in [5.41, 5.74) is 1.54. The number of amides is 1. The SMILES string of the molecule is O=C(Cc1csc(-c2ccccn2)n1)N1CCN(CCCOCC(F)(F)F)CC1. The molecule has 10 heteroatoms. The van der Waals surface area contributed by atoms with Crippen molar-refractivity contribution in [1.82, 2.24) is 19.8 Å². The zero-order chi connectivity index (χ0) is 20.7. The third-order valence-electron chi connectivity index (χ3n) is 4.52. The van der Waals surface area contributed by atoms with Crippen molar-refractivity contribution in [3.63, 3.8) is 0 Å². The van der Waals surface area contributed by atoms with Gasteiger partial charge in [-0.15, -0.1) is 11.3 Å². The lowest BCUT2D eigenvalue weighted by Gasteiger charge is -2.34. The van der Waals surface area contributed by atoms with E-state index in [9.17, 15) is 18.0 Å². The summed E-state index contributed by atoms with van der Waals surface area (Å²) in [4.78, 5) is 25.3. The second-order valence-corrected chi connectivity index (χ2v) is 7.64. The molecule has 1 aliphatic heterocycles. The van der Waals surface area contributed by atoms with Crippen LogP contribution >= 0.6 is 11.3 Å². The van der Waals surface area contributed by atoms with Gasteiger partial charge < -0.3 is 9.64 Å². The van der Waals surface area contributed by atoms with Crippen LogP contribution < -0.4 is 0 Å². The molecular weight excluding hydrogens is 405 g/mol. The number of rotatable bonds is 8. The Morgan fingerprint density at radius 1 is 1.21 bits per heavy atom. The zero-order valence-corrected chi connectivity index (χ0v) is 16.7. The summed E-state index contributed by atoms with van der Waals surface area (Å²) in [5, 5.41) is 2.69. The molecule has 3 heterocycles. The van der Waals surface area contributed by atoms with Crippen LogP contribution in [0.3, 0.4) is 0 Å². The van der Waals surface area contributed by atoms with E-state index in [1.807, 2.05) is 28.5 Å². The first-order valence-corrected chi connectivity index (χ1v) is 10.3. The predicted octanol–water partition coefficient (Wildman–Crippen LogP) is 2.86. The molecule has 0 bridgehead atoms. The Morgan fingerprint density at radius 3 is 2.69 bits per heavy atom.